The number of ether oxygens (including phenoxy) is 16. The molecule has 8 saturated heterocycles. The highest BCUT2D eigenvalue weighted by molar-refractivity contribution is 5.75. The molecule has 8 aliphatic rings. The highest BCUT2D eigenvalue weighted by Gasteiger charge is 2.60. The number of aliphatic hydroxyl groups excluding tert-OH is 25. The number of hydrogen-bond acceptors (Lipinski definition) is 46. The minimum Gasteiger partial charge on any atom is -0.394 e. The summed E-state index contributed by atoms with van der Waals surface area (Å²) in [5.41, 5.74) is 0. The summed E-state index contributed by atoms with van der Waals surface area (Å²) < 4.78 is 95.3. The van der Waals surface area contributed by atoms with Crippen molar-refractivity contribution < 1.29 is 227 Å². The monoisotopic (exact) mass is 1680 g/mol. The largest absolute Gasteiger partial charge is 0.394 e. The molecule has 44 atom stereocenters. The summed E-state index contributed by atoms with van der Waals surface area (Å²) in [7, 11) is 0. The van der Waals surface area contributed by atoms with Gasteiger partial charge < -0.3 is 230 Å². The topological polar surface area (TPSA) is 799 Å². The lowest BCUT2D eigenvalue weighted by Gasteiger charge is -2.51. The Kier molecular flexibility index (Phi) is 35.9. The second kappa shape index (κ2) is 43.0. The second-order valence-corrected chi connectivity index (χ2v) is 28.7. The van der Waals surface area contributed by atoms with Crippen molar-refractivity contribution in [3.05, 3.63) is 0 Å². The van der Waals surface area contributed by atoms with Gasteiger partial charge >= 0.3 is 0 Å². The summed E-state index contributed by atoms with van der Waals surface area (Å²) in [4.78, 5) is 65.1. The van der Waals surface area contributed by atoms with E-state index < -0.39 is 365 Å². The Balaban J connectivity index is 1.20. The van der Waals surface area contributed by atoms with Crippen molar-refractivity contribution in [2.24, 2.45) is 0 Å². The van der Waals surface area contributed by atoms with Crippen LogP contribution in [0.25, 0.3) is 0 Å². The van der Waals surface area contributed by atoms with Crippen LogP contribution in [0.1, 0.15) is 34.6 Å². The molecule has 8 fully saturated rings. The minimum atomic E-state index is -2.61. The van der Waals surface area contributed by atoms with Crippen molar-refractivity contribution in [1.82, 2.24) is 26.6 Å². The minimum absolute atomic E-state index is 0.872. The highest BCUT2D eigenvalue weighted by Crippen LogP contribution is 2.39. The molecule has 0 aromatic rings. The van der Waals surface area contributed by atoms with Crippen LogP contribution in [0.2, 0.25) is 0 Å². The van der Waals surface area contributed by atoms with Gasteiger partial charge in [0.25, 0.3) is 0 Å². The van der Waals surface area contributed by atoms with Crippen molar-refractivity contribution >= 4 is 29.5 Å². The molecule has 51 heteroatoms. The van der Waals surface area contributed by atoms with Crippen LogP contribution in [-0.2, 0) is 99.8 Å². The number of carbonyl (C=O) groups excluding carboxylic acids is 5. The van der Waals surface area contributed by atoms with E-state index in [-0.39, 0.29) is 0 Å². The first kappa shape index (κ1) is 96.2. The zero-order valence-electron chi connectivity index (χ0n) is 62.2. The molecule has 0 aromatic carbocycles. The predicted molar refractivity (Wildman–Crippen MR) is 357 cm³/mol. The third kappa shape index (κ3) is 22.5. The van der Waals surface area contributed by atoms with Gasteiger partial charge in [-0.15, -0.1) is 0 Å². The van der Waals surface area contributed by atoms with E-state index in [1.54, 1.807) is 0 Å². The molecule has 0 spiro atoms. The smallest absolute Gasteiger partial charge is 0.217 e. The van der Waals surface area contributed by atoms with Crippen LogP contribution in [0.15, 0.2) is 0 Å². The van der Waals surface area contributed by atoms with E-state index in [0.29, 0.717) is 0 Å². The molecule has 0 bridgehead atoms. The first-order chi connectivity index (χ1) is 54.3. The maximum absolute atomic E-state index is 13.7. The third-order valence-electron chi connectivity index (χ3n) is 20.4. The van der Waals surface area contributed by atoms with Crippen LogP contribution >= 0.6 is 0 Å². The number of aliphatic hydroxyl groups is 25. The molecule has 8 heterocycles. The molecule has 666 valence electrons. The summed E-state index contributed by atoms with van der Waals surface area (Å²) >= 11 is 0. The van der Waals surface area contributed by atoms with Gasteiger partial charge in [0.1, 0.15) is 213 Å². The van der Waals surface area contributed by atoms with E-state index in [0.717, 1.165) is 34.6 Å². The molecular weight excluding hydrogens is 1570 g/mol. The lowest BCUT2D eigenvalue weighted by molar-refractivity contribution is -0.379. The van der Waals surface area contributed by atoms with Crippen molar-refractivity contribution in [3.63, 3.8) is 0 Å². The van der Waals surface area contributed by atoms with Crippen LogP contribution in [0.4, 0.5) is 0 Å². The van der Waals surface area contributed by atoms with Gasteiger partial charge in [0.2, 0.25) is 29.5 Å². The van der Waals surface area contributed by atoms with Crippen molar-refractivity contribution in [2.75, 3.05) is 66.1 Å². The van der Waals surface area contributed by atoms with E-state index in [9.17, 15) is 152 Å². The van der Waals surface area contributed by atoms with Crippen molar-refractivity contribution in [3.8, 4) is 0 Å². The molecule has 0 saturated carbocycles. The number of hydrogen-bond donors (Lipinski definition) is 30. The molecule has 0 unspecified atom stereocenters. The number of carbonyl (C=O) groups is 5. The average molecular weight is 1680 g/mol. The van der Waals surface area contributed by atoms with Gasteiger partial charge in [-0.25, -0.2) is 0 Å². The van der Waals surface area contributed by atoms with Crippen LogP contribution in [0, 0.1) is 0 Å². The fraction of sp³-hybridized carbons (Fsp3) is 0.922. The SMILES string of the molecule is CC(=O)N[C@H]1[C@H](OC[C@H]2O[C@@H](O[C@@H]([C@H](O)[C@H](CO)NC(C)=O)[C@H](O)CO)[C@H](O)[C@@H](O[C@@H]3O[C@H](CO[C@@H]4O[C@H](CO)[C@@H](O[C@@H]5O[C@H](CO)[C@H](O)[C@H](O)[C@H]5O)[C@H](O)[C@H]4NC(C)=O)[C@@H](O)[C@H](O[C@@H]4O[C@H](CO)[C@@H](O[C@@H]5O[C@H](CO)[C@H](O)[C@H](O)[C@H]5O)[C@H](O)[C@H]4NC(C)=O)[C@H]3NC(C)=O)[C@H]2O)O[C@H](CO)[C@@H](O[C@@H]2O[C@H](CO)[C@H](O)[C@H](O)[C@H]2O)[C@@H]1O. The predicted octanol–water partition coefficient (Wildman–Crippen LogP) is -20.3. The fourth-order valence-corrected chi connectivity index (χ4v) is 14.4. The molecule has 51 nitrogen and oxygen atoms in total. The van der Waals surface area contributed by atoms with Crippen LogP contribution in [0.3, 0.4) is 0 Å². The summed E-state index contributed by atoms with van der Waals surface area (Å²) in [6, 6.07) is -9.68. The Hall–Kier alpha value is -4.29. The zero-order chi connectivity index (χ0) is 85.2. The van der Waals surface area contributed by atoms with Crippen LogP contribution in [-0.4, -0.2) is 493 Å². The average Bonchev–Trinajstić information content (AvgIpc) is 0.773. The van der Waals surface area contributed by atoms with Gasteiger partial charge in [-0.3, -0.25) is 24.0 Å². The molecule has 0 aromatic heterocycles. The quantitative estimate of drug-likeness (QED) is 0.0284. The Bertz CT molecular complexity index is 3040. The fourth-order valence-electron chi connectivity index (χ4n) is 14.4. The second-order valence-electron chi connectivity index (χ2n) is 28.7. The molecule has 115 heavy (non-hydrogen) atoms. The Morgan fingerprint density at radius 2 is 0.591 bits per heavy atom. The molecular formula is C64H109N5O46. The summed E-state index contributed by atoms with van der Waals surface area (Å²) in [5, 5.41) is 287. The van der Waals surface area contributed by atoms with Gasteiger partial charge in [0, 0.05) is 34.6 Å². The van der Waals surface area contributed by atoms with E-state index in [1.807, 2.05) is 0 Å². The maximum Gasteiger partial charge on any atom is 0.217 e. The maximum atomic E-state index is 13.7. The van der Waals surface area contributed by atoms with Crippen LogP contribution < -0.4 is 26.6 Å². The van der Waals surface area contributed by atoms with Gasteiger partial charge in [-0.05, 0) is 0 Å². The molecule has 8 aliphatic heterocycles. The molecule has 30 N–H and O–H groups in total. The normalized spacial score (nSPS) is 45.0. The third-order valence-corrected chi connectivity index (χ3v) is 20.4. The van der Waals surface area contributed by atoms with E-state index in [2.05, 4.69) is 26.6 Å². The Morgan fingerprint density at radius 3 is 0.930 bits per heavy atom. The number of nitrogens with one attached hydrogen (secondary N) is 5. The van der Waals surface area contributed by atoms with E-state index >= 15 is 0 Å². The lowest BCUT2D eigenvalue weighted by Crippen LogP contribution is -2.72. The molecule has 0 aliphatic carbocycles. The molecule has 5 amide bonds. The van der Waals surface area contributed by atoms with E-state index in [4.69, 9.17) is 75.8 Å². The van der Waals surface area contributed by atoms with Crippen molar-refractivity contribution in [2.45, 2.75) is 304 Å². The summed E-state index contributed by atoms with van der Waals surface area (Å²) in [5.74, 6) is -4.81. The Morgan fingerprint density at radius 1 is 0.296 bits per heavy atom. The number of rotatable bonds is 34. The van der Waals surface area contributed by atoms with Gasteiger partial charge in [-0.2, -0.15) is 0 Å². The van der Waals surface area contributed by atoms with Gasteiger partial charge in [-0.1, -0.05) is 0 Å². The van der Waals surface area contributed by atoms with E-state index in [1.165, 1.54) is 0 Å². The number of amides is 5. The molecule has 0 radical (unpaired) electrons. The summed E-state index contributed by atoms with van der Waals surface area (Å²) in [6.07, 6.45) is -81.5. The standard InChI is InChI=1S/C64H109N5O46/c1-16(78)65-21(6-70)35(84)51(22(83)7-71)110-64-50(99)56(40(89)30(109-64)15-101-58-32(67-18(3)80)42(91)53(27(12-76)106-58)112-62-48(97)45(94)37(86)24(9-73)103-62)115-60-34(69-20(5)82)55(114-59-33(68-19(4)81)43(92)54(28(13-77)107-59)113-63-49(98)46(95)38(87)25(10-74)104-63)39(88)29(108-60)14-100-57-31(66-17(2)79)41(90)52(26(11-75)105-57)111-61-47(96)44(93)36(85)23(8-72)102-61/h21-64,70-77,83-99H,6-15H2,1-5H3,(H,65,78)(H,66,79)(H,67,80)(H,68,81)(H,69,82)/t21-,22+,23+,24+,25+,26+,27+,28+,29+,30+,31+,32+,33+,34+,35+,36-,37-,38-,39+,40-,41+,42+,43+,44-,45-,46-,47+,48+,49+,50+,51+,52+,53+,54+,55+,56-,57+,58+,59-,60-,61-,62-,63-,64-/m0/s1. The van der Waals surface area contributed by atoms with Crippen molar-refractivity contribution in [1.29, 1.82) is 0 Å². The summed E-state index contributed by atoms with van der Waals surface area (Å²) in [6.45, 7) is -6.38. The first-order valence-electron chi connectivity index (χ1n) is 36.5. The Labute approximate surface area is 652 Å². The first-order valence-corrected chi connectivity index (χ1v) is 36.5. The van der Waals surface area contributed by atoms with Gasteiger partial charge in [0.15, 0.2) is 50.3 Å². The van der Waals surface area contributed by atoms with Crippen LogP contribution in [0.5, 0.6) is 0 Å². The lowest BCUT2D eigenvalue weighted by atomic mass is 9.93. The molecule has 8 rings (SSSR count). The zero-order valence-corrected chi connectivity index (χ0v) is 62.2. The van der Waals surface area contributed by atoms with Gasteiger partial charge in [0.05, 0.1) is 72.1 Å². The highest BCUT2D eigenvalue weighted by atomic mass is 16.8.